The second-order valence-electron chi connectivity index (χ2n) is 7.10. The van der Waals surface area contributed by atoms with Gasteiger partial charge in [0.15, 0.2) is 0 Å². The van der Waals surface area contributed by atoms with Gasteiger partial charge in [-0.15, -0.1) is 0 Å². The van der Waals surface area contributed by atoms with Gasteiger partial charge in [-0.3, -0.25) is 19.2 Å². The number of rotatable bonds is 8. The summed E-state index contributed by atoms with van der Waals surface area (Å²) in [7, 11) is 7.90. The molecule has 0 radical (unpaired) electrons. The zero-order valence-electron chi connectivity index (χ0n) is 19.0. The molecule has 10 nitrogen and oxygen atoms in total. The molecule has 1 rings (SSSR count). The molecule has 0 saturated carbocycles. The maximum atomic E-state index is 12.9. The van der Waals surface area contributed by atoms with Crippen LogP contribution in [0.2, 0.25) is 0 Å². The zero-order chi connectivity index (χ0) is 23.9. The number of carbonyl (C=O) groups is 3. The Labute approximate surface area is 178 Å². The van der Waals surface area contributed by atoms with Gasteiger partial charge in [-0.2, -0.15) is 0 Å². The van der Waals surface area contributed by atoms with Crippen LogP contribution >= 0.6 is 0 Å². The van der Waals surface area contributed by atoms with Crippen molar-refractivity contribution in [1.29, 1.82) is 0 Å². The number of nitrogens with zero attached hydrogens (tertiary/aromatic N) is 4. The van der Waals surface area contributed by atoms with Crippen molar-refractivity contribution in [2.24, 2.45) is 0 Å². The highest BCUT2D eigenvalue weighted by molar-refractivity contribution is 5.95. The lowest BCUT2D eigenvalue weighted by molar-refractivity contribution is -0.123. The summed E-state index contributed by atoms with van der Waals surface area (Å²) < 4.78 is 1.67. The summed E-state index contributed by atoms with van der Waals surface area (Å²) in [6.45, 7) is 7.99. The van der Waals surface area contributed by atoms with Crippen LogP contribution in [0, 0.1) is 6.92 Å². The molecule has 0 bridgehead atoms. The minimum absolute atomic E-state index is 0.0106. The van der Waals surface area contributed by atoms with E-state index >= 15 is 0 Å². The van der Waals surface area contributed by atoms with Crippen LogP contribution in [0.25, 0.3) is 0 Å². The molecule has 10 heteroatoms. The third-order valence-electron chi connectivity index (χ3n) is 4.13. The highest BCUT2D eigenvalue weighted by atomic mass is 16.3. The van der Waals surface area contributed by atoms with E-state index in [9.17, 15) is 9.59 Å². The highest BCUT2D eigenvalue weighted by Gasteiger charge is 2.22. The summed E-state index contributed by atoms with van der Waals surface area (Å²) in [6.07, 6.45) is 1.79. The molecule has 1 heterocycles. The zero-order valence-corrected chi connectivity index (χ0v) is 19.0. The molecule has 0 fully saturated rings. The van der Waals surface area contributed by atoms with Crippen LogP contribution in [-0.2, 0) is 9.59 Å². The van der Waals surface area contributed by atoms with Gasteiger partial charge in [-0.25, -0.2) is 0 Å². The van der Waals surface area contributed by atoms with Crippen LogP contribution in [0.5, 0.6) is 0 Å². The van der Waals surface area contributed by atoms with Gasteiger partial charge in [0.05, 0.1) is 0 Å². The van der Waals surface area contributed by atoms with Gasteiger partial charge in [0, 0.05) is 38.4 Å². The molecule has 1 aromatic rings. The Bertz CT molecular complexity index is 697. The van der Waals surface area contributed by atoms with E-state index in [4.69, 9.17) is 19.8 Å². The molecule has 0 aliphatic rings. The van der Waals surface area contributed by atoms with Crippen LogP contribution in [0.15, 0.2) is 17.1 Å². The van der Waals surface area contributed by atoms with E-state index in [-0.39, 0.29) is 30.5 Å². The number of amides is 1. The molecule has 30 heavy (non-hydrogen) atoms. The third kappa shape index (κ3) is 10.7. The first-order chi connectivity index (χ1) is 14.0. The summed E-state index contributed by atoms with van der Waals surface area (Å²) in [4.78, 5) is 48.3. The maximum absolute atomic E-state index is 12.9. The Morgan fingerprint density at radius 1 is 1.10 bits per heavy atom. The smallest absolute Gasteiger partial charge is 0.290 e. The molecule has 1 unspecified atom stereocenters. The van der Waals surface area contributed by atoms with Crippen molar-refractivity contribution in [1.82, 2.24) is 19.3 Å². The normalized spacial score (nSPS) is 11.0. The molecular formula is C20H36N4O6. The standard InChI is InChI=1S/C18H32N4O2.2CH2O2/c1-8-21(12-11-19(4)5)17(23)16-14(2)9-10-22(18(16)24)15(3)13-20(6)7;2*2-1-3/h9-10,15H,8,11-13H2,1-7H3;2*1H,(H,2,3). The molecule has 0 aliphatic carbocycles. The second kappa shape index (κ2) is 16.1. The van der Waals surface area contributed by atoms with Crippen molar-refractivity contribution in [2.45, 2.75) is 26.8 Å². The number of likely N-dealkylation sites (N-methyl/N-ethyl adjacent to an activating group) is 3. The number of carboxylic acid groups (broad SMARTS) is 2. The number of aryl methyl sites for hydroxylation is 1. The number of pyridine rings is 1. The number of aromatic nitrogens is 1. The van der Waals surface area contributed by atoms with E-state index in [0.29, 0.717) is 18.7 Å². The molecule has 0 aromatic carbocycles. The fourth-order valence-corrected chi connectivity index (χ4v) is 2.75. The van der Waals surface area contributed by atoms with Crippen molar-refractivity contribution in [2.75, 3.05) is 54.4 Å². The molecular weight excluding hydrogens is 392 g/mol. The minimum Gasteiger partial charge on any atom is -0.483 e. The van der Waals surface area contributed by atoms with Crippen LogP contribution in [0.1, 0.15) is 35.8 Å². The topological polar surface area (TPSA) is 123 Å². The molecule has 1 aromatic heterocycles. The van der Waals surface area contributed by atoms with E-state index in [2.05, 4.69) is 0 Å². The maximum Gasteiger partial charge on any atom is 0.290 e. The first-order valence-corrected chi connectivity index (χ1v) is 9.48. The predicted molar refractivity (Wildman–Crippen MR) is 116 cm³/mol. The summed E-state index contributed by atoms with van der Waals surface area (Å²) >= 11 is 0. The van der Waals surface area contributed by atoms with Crippen molar-refractivity contribution >= 4 is 18.9 Å². The van der Waals surface area contributed by atoms with Crippen molar-refractivity contribution in [3.05, 3.63) is 33.7 Å². The molecule has 1 atom stereocenters. The summed E-state index contributed by atoms with van der Waals surface area (Å²) in [5.41, 5.74) is 0.836. The van der Waals surface area contributed by atoms with Gasteiger partial charge in [0.1, 0.15) is 5.56 Å². The SMILES string of the molecule is CCN(CCN(C)C)C(=O)c1c(C)ccn(C(C)CN(C)C)c1=O.O=CO.O=CO. The van der Waals surface area contributed by atoms with Gasteiger partial charge in [-0.05, 0) is 60.6 Å². The van der Waals surface area contributed by atoms with Crippen LogP contribution < -0.4 is 5.56 Å². The number of hydrogen-bond acceptors (Lipinski definition) is 6. The van der Waals surface area contributed by atoms with Crippen molar-refractivity contribution in [3.63, 3.8) is 0 Å². The predicted octanol–water partition coefficient (Wildman–Crippen LogP) is 0.705. The lowest BCUT2D eigenvalue weighted by Crippen LogP contribution is -2.41. The van der Waals surface area contributed by atoms with E-state index in [1.165, 1.54) is 0 Å². The minimum atomic E-state index is -0.250. The van der Waals surface area contributed by atoms with Crippen LogP contribution in [0.4, 0.5) is 0 Å². The molecule has 172 valence electrons. The quantitative estimate of drug-likeness (QED) is 0.580. The van der Waals surface area contributed by atoms with Crippen LogP contribution in [-0.4, -0.2) is 103 Å². The van der Waals surface area contributed by atoms with E-state index in [1.807, 2.05) is 64.8 Å². The third-order valence-corrected chi connectivity index (χ3v) is 4.13. The fourth-order valence-electron chi connectivity index (χ4n) is 2.75. The molecule has 0 saturated heterocycles. The van der Waals surface area contributed by atoms with E-state index in [1.54, 1.807) is 15.7 Å². The number of hydrogen-bond donors (Lipinski definition) is 2. The summed E-state index contributed by atoms with van der Waals surface area (Å²) in [5, 5.41) is 13.8. The highest BCUT2D eigenvalue weighted by Crippen LogP contribution is 2.10. The lowest BCUT2D eigenvalue weighted by atomic mass is 10.1. The van der Waals surface area contributed by atoms with E-state index < -0.39 is 0 Å². The average molecular weight is 429 g/mol. The van der Waals surface area contributed by atoms with Gasteiger partial charge in [0.2, 0.25) is 0 Å². The Hall–Kier alpha value is -2.72. The summed E-state index contributed by atoms with van der Waals surface area (Å²) in [6, 6.07) is 1.87. The Kier molecular flexibility index (Phi) is 15.8. The van der Waals surface area contributed by atoms with Gasteiger partial charge in [-0.1, -0.05) is 0 Å². The van der Waals surface area contributed by atoms with Gasteiger partial charge < -0.3 is 29.5 Å². The monoisotopic (exact) mass is 428 g/mol. The lowest BCUT2D eigenvalue weighted by Gasteiger charge is -2.25. The summed E-state index contributed by atoms with van der Waals surface area (Å²) in [5.74, 6) is -0.173. The fraction of sp³-hybridized carbons (Fsp3) is 0.600. The largest absolute Gasteiger partial charge is 0.483 e. The molecule has 0 aliphatic heterocycles. The van der Waals surface area contributed by atoms with Crippen molar-refractivity contribution in [3.8, 4) is 0 Å². The molecule has 0 spiro atoms. The van der Waals surface area contributed by atoms with Crippen LogP contribution in [0.3, 0.4) is 0 Å². The van der Waals surface area contributed by atoms with E-state index in [0.717, 1.165) is 18.7 Å². The second-order valence-corrected chi connectivity index (χ2v) is 7.10. The first kappa shape index (κ1) is 29.5. The number of carbonyl (C=O) groups excluding carboxylic acids is 1. The van der Waals surface area contributed by atoms with Gasteiger partial charge in [0.25, 0.3) is 24.4 Å². The van der Waals surface area contributed by atoms with Gasteiger partial charge >= 0.3 is 0 Å². The average Bonchev–Trinajstić information content (AvgIpc) is 2.62. The Balaban J connectivity index is 0. The Morgan fingerprint density at radius 2 is 1.60 bits per heavy atom. The molecule has 2 N–H and O–H groups in total. The Morgan fingerprint density at radius 3 is 2.00 bits per heavy atom. The molecule has 1 amide bonds. The first-order valence-electron chi connectivity index (χ1n) is 9.48. The van der Waals surface area contributed by atoms with Crippen molar-refractivity contribution < 1.29 is 24.6 Å².